The van der Waals surface area contributed by atoms with E-state index in [0.29, 0.717) is 24.4 Å². The van der Waals surface area contributed by atoms with Gasteiger partial charge < -0.3 is 19.6 Å². The van der Waals surface area contributed by atoms with Gasteiger partial charge in [-0.25, -0.2) is 14.8 Å². The molecule has 9 nitrogen and oxygen atoms in total. The lowest BCUT2D eigenvalue weighted by atomic mass is 9.91. The number of hydrogen-bond donors (Lipinski definition) is 3. The number of hydrogen-bond acceptors (Lipinski definition) is 5. The number of ether oxygens (including phenoxy) is 1. The van der Waals surface area contributed by atoms with E-state index < -0.39 is 0 Å². The van der Waals surface area contributed by atoms with Gasteiger partial charge in [-0.05, 0) is 30.9 Å². The first-order chi connectivity index (χ1) is 12.6. The number of imidazole rings is 2. The lowest BCUT2D eigenvalue weighted by Crippen LogP contribution is -2.37. The van der Waals surface area contributed by atoms with Gasteiger partial charge in [0, 0.05) is 32.7 Å². The first-order valence-electron chi connectivity index (χ1n) is 8.56. The Morgan fingerprint density at radius 1 is 1.35 bits per heavy atom. The zero-order valence-electron chi connectivity index (χ0n) is 14.4. The van der Waals surface area contributed by atoms with E-state index in [0.717, 1.165) is 18.7 Å². The lowest BCUT2D eigenvalue weighted by Gasteiger charge is -2.30. The van der Waals surface area contributed by atoms with E-state index in [1.54, 1.807) is 18.3 Å². The van der Waals surface area contributed by atoms with E-state index in [1.807, 2.05) is 17.8 Å². The summed E-state index contributed by atoms with van der Waals surface area (Å²) >= 11 is 0. The molecule has 3 aromatic rings. The van der Waals surface area contributed by atoms with Crippen molar-refractivity contribution in [3.05, 3.63) is 46.5 Å². The van der Waals surface area contributed by atoms with Crippen LogP contribution in [0, 0.1) is 5.92 Å². The number of carbonyl (C=O) groups is 1. The Balaban J connectivity index is 1.62. The molecule has 26 heavy (non-hydrogen) atoms. The van der Waals surface area contributed by atoms with Gasteiger partial charge in [0.1, 0.15) is 11.5 Å². The Hall–Kier alpha value is -2.94. The molecule has 1 atom stereocenters. The van der Waals surface area contributed by atoms with E-state index in [4.69, 9.17) is 4.74 Å². The number of rotatable bonds is 4. The molecule has 9 heteroatoms. The number of amides is 1. The topological polar surface area (TPSA) is 118 Å². The van der Waals surface area contributed by atoms with Crippen LogP contribution in [0.4, 0.5) is 0 Å². The fourth-order valence-corrected chi connectivity index (χ4v) is 3.38. The quantitative estimate of drug-likeness (QED) is 0.641. The van der Waals surface area contributed by atoms with Crippen molar-refractivity contribution in [1.29, 1.82) is 0 Å². The average Bonchev–Trinajstić information content (AvgIpc) is 3.24. The minimum absolute atomic E-state index is 0.228. The standard InChI is InChI=1S/C17H20N6O3/c1-23-7-6-18-15(23)13(10-4-8-26-9-5-10)21-16(24)12-3-2-11-14(19-12)22-17(25)20-11/h2-3,6-7,10,13H,4-5,8-9H2,1H3,(H,21,24)(H2,19,20,22,25). The molecule has 0 spiro atoms. The maximum absolute atomic E-state index is 12.8. The van der Waals surface area contributed by atoms with Crippen molar-refractivity contribution in [3.63, 3.8) is 0 Å². The summed E-state index contributed by atoms with van der Waals surface area (Å²) in [7, 11) is 1.91. The molecule has 0 aromatic carbocycles. The normalized spacial score (nSPS) is 16.7. The van der Waals surface area contributed by atoms with Crippen LogP contribution < -0.4 is 11.0 Å². The van der Waals surface area contributed by atoms with Gasteiger partial charge in [-0.3, -0.25) is 9.78 Å². The van der Waals surface area contributed by atoms with Crippen LogP contribution >= 0.6 is 0 Å². The first kappa shape index (κ1) is 16.5. The van der Waals surface area contributed by atoms with Crippen molar-refractivity contribution >= 4 is 17.1 Å². The SMILES string of the molecule is Cn1ccnc1C(NC(=O)c1ccc2[nH]c(=O)[nH]c2n1)C1CCOCC1. The molecule has 0 bridgehead atoms. The second-order valence-electron chi connectivity index (χ2n) is 6.47. The summed E-state index contributed by atoms with van der Waals surface area (Å²) in [5.74, 6) is 0.749. The highest BCUT2D eigenvalue weighted by Gasteiger charge is 2.30. The van der Waals surface area contributed by atoms with E-state index in [9.17, 15) is 9.59 Å². The summed E-state index contributed by atoms with van der Waals surface area (Å²) < 4.78 is 7.37. The summed E-state index contributed by atoms with van der Waals surface area (Å²) in [4.78, 5) is 38.0. The highest BCUT2D eigenvalue weighted by molar-refractivity contribution is 5.94. The van der Waals surface area contributed by atoms with Crippen molar-refractivity contribution in [1.82, 2.24) is 29.8 Å². The predicted octanol–water partition coefficient (Wildman–Crippen LogP) is 0.882. The fraction of sp³-hybridized carbons (Fsp3) is 0.412. The summed E-state index contributed by atoms with van der Waals surface area (Å²) in [6.07, 6.45) is 5.30. The molecule has 1 unspecified atom stereocenters. The third-order valence-corrected chi connectivity index (χ3v) is 4.77. The van der Waals surface area contributed by atoms with Gasteiger partial charge in [0.15, 0.2) is 5.65 Å². The number of aromatic amines is 2. The van der Waals surface area contributed by atoms with Crippen LogP contribution in [-0.2, 0) is 11.8 Å². The molecule has 3 aromatic heterocycles. The van der Waals surface area contributed by atoms with E-state index in [-0.39, 0.29) is 29.3 Å². The third kappa shape index (κ3) is 3.13. The second-order valence-corrected chi connectivity index (χ2v) is 6.47. The minimum Gasteiger partial charge on any atom is -0.381 e. The number of H-pyrrole nitrogens is 2. The molecule has 4 rings (SSSR count). The molecule has 3 N–H and O–H groups in total. The maximum Gasteiger partial charge on any atom is 0.325 e. The average molecular weight is 356 g/mol. The van der Waals surface area contributed by atoms with Gasteiger partial charge in [0.05, 0.1) is 11.6 Å². The Morgan fingerprint density at radius 2 is 2.15 bits per heavy atom. The van der Waals surface area contributed by atoms with Gasteiger partial charge in [-0.1, -0.05) is 0 Å². The Labute approximate surface area is 148 Å². The van der Waals surface area contributed by atoms with Crippen molar-refractivity contribution in [2.75, 3.05) is 13.2 Å². The van der Waals surface area contributed by atoms with Crippen LogP contribution in [0.5, 0.6) is 0 Å². The number of aromatic nitrogens is 5. The Bertz CT molecular complexity index is 982. The number of nitrogens with zero attached hydrogens (tertiary/aromatic N) is 3. The summed E-state index contributed by atoms with van der Waals surface area (Å²) in [5.41, 5.74) is 0.830. The molecule has 4 heterocycles. The number of fused-ring (bicyclic) bond motifs is 1. The number of carbonyl (C=O) groups excluding carboxylic acids is 1. The number of nitrogens with one attached hydrogen (secondary N) is 3. The molecule has 1 fully saturated rings. The molecular weight excluding hydrogens is 336 g/mol. The maximum atomic E-state index is 12.8. The van der Waals surface area contributed by atoms with Crippen LogP contribution in [-0.4, -0.2) is 43.6 Å². The second kappa shape index (κ2) is 6.75. The molecular formula is C17H20N6O3. The predicted molar refractivity (Wildman–Crippen MR) is 93.7 cm³/mol. The largest absolute Gasteiger partial charge is 0.381 e. The smallest absolute Gasteiger partial charge is 0.325 e. The summed E-state index contributed by atoms with van der Waals surface area (Å²) in [6.45, 7) is 1.35. The van der Waals surface area contributed by atoms with Gasteiger partial charge >= 0.3 is 5.69 Å². The number of aryl methyl sites for hydroxylation is 1. The van der Waals surface area contributed by atoms with Crippen LogP contribution in [0.1, 0.15) is 35.2 Å². The zero-order chi connectivity index (χ0) is 18.1. The molecule has 0 radical (unpaired) electrons. The molecule has 0 saturated carbocycles. The van der Waals surface area contributed by atoms with Crippen LogP contribution in [0.3, 0.4) is 0 Å². The molecule has 0 aliphatic carbocycles. The number of pyridine rings is 1. The third-order valence-electron chi connectivity index (χ3n) is 4.77. The van der Waals surface area contributed by atoms with E-state index in [1.165, 1.54) is 0 Å². The van der Waals surface area contributed by atoms with Crippen LogP contribution in [0.25, 0.3) is 11.2 Å². The van der Waals surface area contributed by atoms with Crippen molar-refractivity contribution in [2.24, 2.45) is 13.0 Å². The molecule has 1 saturated heterocycles. The van der Waals surface area contributed by atoms with Crippen molar-refractivity contribution in [3.8, 4) is 0 Å². The Morgan fingerprint density at radius 3 is 2.88 bits per heavy atom. The van der Waals surface area contributed by atoms with Crippen molar-refractivity contribution in [2.45, 2.75) is 18.9 Å². The van der Waals surface area contributed by atoms with Crippen LogP contribution in [0.15, 0.2) is 29.3 Å². The first-order valence-corrected chi connectivity index (χ1v) is 8.56. The van der Waals surface area contributed by atoms with Gasteiger partial charge in [0.25, 0.3) is 5.91 Å². The monoisotopic (exact) mass is 356 g/mol. The molecule has 1 aliphatic heterocycles. The van der Waals surface area contributed by atoms with Gasteiger partial charge in [-0.15, -0.1) is 0 Å². The van der Waals surface area contributed by atoms with Gasteiger partial charge in [0.2, 0.25) is 0 Å². The minimum atomic E-state index is -0.349. The van der Waals surface area contributed by atoms with E-state index >= 15 is 0 Å². The molecule has 136 valence electrons. The molecule has 1 aliphatic rings. The van der Waals surface area contributed by atoms with Crippen molar-refractivity contribution < 1.29 is 9.53 Å². The molecule has 1 amide bonds. The lowest BCUT2D eigenvalue weighted by molar-refractivity contribution is 0.0498. The van der Waals surface area contributed by atoms with Crippen LogP contribution in [0.2, 0.25) is 0 Å². The summed E-state index contributed by atoms with van der Waals surface area (Å²) in [6, 6.07) is 3.04. The van der Waals surface area contributed by atoms with E-state index in [2.05, 4.69) is 25.3 Å². The highest BCUT2D eigenvalue weighted by atomic mass is 16.5. The van der Waals surface area contributed by atoms with Gasteiger partial charge in [-0.2, -0.15) is 0 Å². The fourth-order valence-electron chi connectivity index (χ4n) is 3.38. The zero-order valence-corrected chi connectivity index (χ0v) is 14.4. The Kier molecular flexibility index (Phi) is 4.29. The summed E-state index contributed by atoms with van der Waals surface area (Å²) in [5, 5.41) is 3.08. The highest BCUT2D eigenvalue weighted by Crippen LogP contribution is 2.29.